The third-order valence-corrected chi connectivity index (χ3v) is 2.18. The molecule has 1 aromatic rings. The summed E-state index contributed by atoms with van der Waals surface area (Å²) in [7, 11) is 0. The van der Waals surface area contributed by atoms with Crippen LogP contribution in [0, 0.1) is 5.92 Å². The smallest absolute Gasteiger partial charge is 0.325 e. The van der Waals surface area contributed by atoms with Gasteiger partial charge in [0.25, 0.3) is 0 Å². The highest BCUT2D eigenvalue weighted by Crippen LogP contribution is 2.18. The van der Waals surface area contributed by atoms with E-state index < -0.39 is 17.9 Å². The van der Waals surface area contributed by atoms with Gasteiger partial charge in [0, 0.05) is 6.42 Å². The van der Waals surface area contributed by atoms with Crippen molar-refractivity contribution in [1.82, 2.24) is 0 Å². The molecule has 0 spiro atoms. The van der Waals surface area contributed by atoms with Crippen molar-refractivity contribution in [2.75, 3.05) is 6.61 Å². The standard InChI is InChI=1S/C11H10O4/c12-10-9(6-7-14-10)11(13)15-8-4-2-1-3-5-8/h1-5,9H,6-7H2. The number of esters is 2. The zero-order valence-electron chi connectivity index (χ0n) is 8.01. The lowest BCUT2D eigenvalue weighted by Crippen LogP contribution is -2.24. The Bertz CT molecular complexity index is 371. The normalized spacial score (nSPS) is 19.7. The first-order valence-corrected chi connectivity index (χ1v) is 4.71. The Morgan fingerprint density at radius 2 is 2.07 bits per heavy atom. The molecule has 1 atom stereocenters. The van der Waals surface area contributed by atoms with Gasteiger partial charge in [0.05, 0.1) is 6.61 Å². The Kier molecular flexibility index (Phi) is 2.67. The largest absolute Gasteiger partial charge is 0.465 e. The van der Waals surface area contributed by atoms with Gasteiger partial charge in [-0.15, -0.1) is 0 Å². The predicted octanol–water partition coefficient (Wildman–Crippen LogP) is 1.16. The predicted molar refractivity (Wildman–Crippen MR) is 51.1 cm³/mol. The van der Waals surface area contributed by atoms with Gasteiger partial charge in [0.2, 0.25) is 0 Å². The van der Waals surface area contributed by atoms with Crippen LogP contribution in [-0.2, 0) is 14.3 Å². The SMILES string of the molecule is O=C1OCCC1C(=O)Oc1ccccc1. The second-order valence-corrected chi connectivity index (χ2v) is 3.24. The Hall–Kier alpha value is -1.84. The maximum atomic E-state index is 11.5. The molecule has 1 aliphatic heterocycles. The molecule has 1 fully saturated rings. The van der Waals surface area contributed by atoms with Crippen molar-refractivity contribution in [3.8, 4) is 5.75 Å². The van der Waals surface area contributed by atoms with Gasteiger partial charge in [-0.2, -0.15) is 0 Å². The minimum atomic E-state index is -0.759. The van der Waals surface area contributed by atoms with E-state index in [2.05, 4.69) is 4.74 Å². The summed E-state index contributed by atoms with van der Waals surface area (Å²) in [5, 5.41) is 0. The number of ether oxygens (including phenoxy) is 2. The molecule has 78 valence electrons. The lowest BCUT2D eigenvalue weighted by molar-refractivity contribution is -0.150. The molecule has 0 saturated carbocycles. The van der Waals surface area contributed by atoms with Gasteiger partial charge in [-0.3, -0.25) is 9.59 Å². The maximum absolute atomic E-state index is 11.5. The van der Waals surface area contributed by atoms with Crippen LogP contribution in [-0.4, -0.2) is 18.5 Å². The molecule has 1 aromatic carbocycles. The molecule has 0 aromatic heterocycles. The van der Waals surface area contributed by atoms with Crippen LogP contribution in [0.15, 0.2) is 30.3 Å². The molecule has 0 bridgehead atoms. The fourth-order valence-electron chi connectivity index (χ4n) is 1.39. The van der Waals surface area contributed by atoms with Crippen LogP contribution >= 0.6 is 0 Å². The summed E-state index contributed by atoms with van der Waals surface area (Å²) in [6.45, 7) is 0.299. The van der Waals surface area contributed by atoms with Gasteiger partial charge in [0.1, 0.15) is 5.75 Å². The van der Waals surface area contributed by atoms with Gasteiger partial charge < -0.3 is 9.47 Å². The minimum absolute atomic E-state index is 0.299. The number of para-hydroxylation sites is 1. The lowest BCUT2D eigenvalue weighted by Gasteiger charge is -2.05. The van der Waals surface area contributed by atoms with Crippen molar-refractivity contribution in [3.63, 3.8) is 0 Å². The molecule has 4 nitrogen and oxygen atoms in total. The summed E-state index contributed by atoms with van der Waals surface area (Å²) in [6.07, 6.45) is 0.407. The van der Waals surface area contributed by atoms with E-state index >= 15 is 0 Å². The highest BCUT2D eigenvalue weighted by molar-refractivity contribution is 5.96. The fourth-order valence-corrected chi connectivity index (χ4v) is 1.39. The van der Waals surface area contributed by atoms with Crippen molar-refractivity contribution in [1.29, 1.82) is 0 Å². The summed E-state index contributed by atoms with van der Waals surface area (Å²) in [5.74, 6) is -1.34. The first-order valence-electron chi connectivity index (χ1n) is 4.71. The number of carbonyl (C=O) groups excluding carboxylic acids is 2. The second-order valence-electron chi connectivity index (χ2n) is 3.24. The quantitative estimate of drug-likeness (QED) is 0.414. The Balaban J connectivity index is 2.01. The van der Waals surface area contributed by atoms with Crippen molar-refractivity contribution in [2.45, 2.75) is 6.42 Å². The molecule has 1 saturated heterocycles. The number of cyclic esters (lactones) is 1. The molecule has 0 N–H and O–H groups in total. The molecule has 1 aliphatic rings. The van der Waals surface area contributed by atoms with Crippen LogP contribution in [0.4, 0.5) is 0 Å². The van der Waals surface area contributed by atoms with E-state index in [4.69, 9.17) is 4.74 Å². The molecule has 0 aliphatic carbocycles. The summed E-state index contributed by atoms with van der Waals surface area (Å²) in [6, 6.07) is 8.67. The van der Waals surface area contributed by atoms with E-state index in [0.717, 1.165) is 0 Å². The topological polar surface area (TPSA) is 52.6 Å². The summed E-state index contributed by atoms with van der Waals surface area (Å²) in [5.41, 5.74) is 0. The first-order chi connectivity index (χ1) is 7.27. The zero-order valence-corrected chi connectivity index (χ0v) is 8.01. The Morgan fingerprint density at radius 1 is 1.33 bits per heavy atom. The van der Waals surface area contributed by atoms with Crippen molar-refractivity contribution >= 4 is 11.9 Å². The number of benzene rings is 1. The van der Waals surface area contributed by atoms with Gasteiger partial charge >= 0.3 is 11.9 Å². The summed E-state index contributed by atoms with van der Waals surface area (Å²) < 4.78 is 9.71. The van der Waals surface area contributed by atoms with E-state index in [0.29, 0.717) is 18.8 Å². The van der Waals surface area contributed by atoms with Gasteiger partial charge in [-0.25, -0.2) is 0 Å². The molecule has 1 heterocycles. The van der Waals surface area contributed by atoms with Gasteiger partial charge in [-0.05, 0) is 12.1 Å². The van der Waals surface area contributed by atoms with Crippen LogP contribution in [0.3, 0.4) is 0 Å². The number of rotatable bonds is 2. The van der Waals surface area contributed by atoms with Crippen LogP contribution in [0.25, 0.3) is 0 Å². The molecule has 2 rings (SSSR count). The zero-order chi connectivity index (χ0) is 10.7. The number of carbonyl (C=O) groups is 2. The molecule has 1 unspecified atom stereocenters. The lowest BCUT2D eigenvalue weighted by atomic mass is 10.1. The highest BCUT2D eigenvalue weighted by Gasteiger charge is 2.34. The molecule has 0 amide bonds. The number of hydrogen-bond acceptors (Lipinski definition) is 4. The van der Waals surface area contributed by atoms with Crippen molar-refractivity contribution in [2.24, 2.45) is 5.92 Å². The van der Waals surface area contributed by atoms with E-state index in [1.807, 2.05) is 6.07 Å². The van der Waals surface area contributed by atoms with Crippen LogP contribution in [0.2, 0.25) is 0 Å². The van der Waals surface area contributed by atoms with E-state index in [-0.39, 0.29) is 0 Å². The average molecular weight is 206 g/mol. The van der Waals surface area contributed by atoms with Crippen LogP contribution < -0.4 is 4.74 Å². The average Bonchev–Trinajstić information content (AvgIpc) is 2.66. The van der Waals surface area contributed by atoms with E-state index in [1.165, 1.54) is 0 Å². The fraction of sp³-hybridized carbons (Fsp3) is 0.273. The van der Waals surface area contributed by atoms with Gasteiger partial charge in [-0.1, -0.05) is 18.2 Å². The molecular formula is C11H10O4. The molecule has 0 radical (unpaired) electrons. The maximum Gasteiger partial charge on any atom is 0.325 e. The third kappa shape index (κ3) is 2.15. The third-order valence-electron chi connectivity index (χ3n) is 2.18. The molecule has 4 heteroatoms. The van der Waals surface area contributed by atoms with Crippen molar-refractivity contribution in [3.05, 3.63) is 30.3 Å². The minimum Gasteiger partial charge on any atom is -0.465 e. The molecule has 15 heavy (non-hydrogen) atoms. The summed E-state index contributed by atoms with van der Waals surface area (Å²) in [4.78, 5) is 22.6. The first kappa shape index (κ1) is 9.71. The second kappa shape index (κ2) is 4.13. The van der Waals surface area contributed by atoms with E-state index in [9.17, 15) is 9.59 Å². The molecular weight excluding hydrogens is 196 g/mol. The Labute approximate surface area is 86.8 Å². The van der Waals surface area contributed by atoms with Crippen LogP contribution in [0.5, 0.6) is 5.75 Å². The van der Waals surface area contributed by atoms with Gasteiger partial charge in [0.15, 0.2) is 5.92 Å². The number of hydrogen-bond donors (Lipinski definition) is 0. The monoisotopic (exact) mass is 206 g/mol. The summed E-state index contributed by atoms with van der Waals surface area (Å²) >= 11 is 0. The van der Waals surface area contributed by atoms with Crippen LogP contribution in [0.1, 0.15) is 6.42 Å². The van der Waals surface area contributed by atoms with E-state index in [1.54, 1.807) is 24.3 Å². The highest BCUT2D eigenvalue weighted by atomic mass is 16.6. The Morgan fingerprint density at radius 3 is 2.67 bits per heavy atom. The van der Waals surface area contributed by atoms with Crippen molar-refractivity contribution < 1.29 is 19.1 Å².